The van der Waals surface area contributed by atoms with E-state index in [0.717, 1.165) is 24.9 Å². The maximum atomic E-state index is 15.0. The molecule has 3 N–H and O–H groups in total. The number of imidazole rings is 1. The number of urea groups is 1. The molecule has 2 aromatic heterocycles. The molecule has 0 atom stereocenters. The highest BCUT2D eigenvalue weighted by molar-refractivity contribution is 5.96. The molecular formula is C31H33F2N9O3. The number of anilines is 2. The minimum Gasteiger partial charge on any atom is -0.485 e. The van der Waals surface area contributed by atoms with Crippen molar-refractivity contribution in [3.8, 4) is 17.0 Å². The Labute approximate surface area is 258 Å². The van der Waals surface area contributed by atoms with Crippen molar-refractivity contribution in [3.05, 3.63) is 71.7 Å². The van der Waals surface area contributed by atoms with Gasteiger partial charge >= 0.3 is 6.03 Å². The summed E-state index contributed by atoms with van der Waals surface area (Å²) in [6.45, 7) is 6.59. The van der Waals surface area contributed by atoms with E-state index in [0.29, 0.717) is 67.7 Å². The lowest BCUT2D eigenvalue weighted by Gasteiger charge is -2.38. The van der Waals surface area contributed by atoms with Gasteiger partial charge in [0.1, 0.15) is 6.61 Å². The summed E-state index contributed by atoms with van der Waals surface area (Å²) in [7, 11) is 0. The molecule has 4 heterocycles. The van der Waals surface area contributed by atoms with Crippen molar-refractivity contribution < 1.29 is 23.1 Å². The second-order valence-corrected chi connectivity index (χ2v) is 10.8. The Morgan fingerprint density at radius 3 is 2.47 bits per heavy atom. The third-order valence-corrected chi connectivity index (χ3v) is 8.02. The molecule has 12 nitrogen and oxygen atoms in total. The zero-order valence-corrected chi connectivity index (χ0v) is 24.7. The summed E-state index contributed by atoms with van der Waals surface area (Å²) in [6.07, 6.45) is 5.51. The number of nitrogens with zero attached hydrogens (tertiary/aromatic N) is 6. The van der Waals surface area contributed by atoms with Crippen molar-refractivity contribution in [2.75, 3.05) is 64.3 Å². The van der Waals surface area contributed by atoms with Gasteiger partial charge in [-0.15, -0.1) is 0 Å². The lowest BCUT2D eigenvalue weighted by molar-refractivity contribution is 0.0634. The SMILES string of the molecule is Cc1cc(Nc2nccn3c(-c4ccc(OCC=N)c(F)c4F)cnc23)ccc1C(=O)N1CCN(C(=O)N2CCNCC2)CC1. The predicted octanol–water partition coefficient (Wildman–Crippen LogP) is 3.54. The molecule has 2 aliphatic heterocycles. The van der Waals surface area contributed by atoms with Gasteiger partial charge in [-0.1, -0.05) is 0 Å². The highest BCUT2D eigenvalue weighted by Crippen LogP contribution is 2.32. The van der Waals surface area contributed by atoms with Crippen LogP contribution in [-0.4, -0.2) is 106 Å². The lowest BCUT2D eigenvalue weighted by atomic mass is 10.1. The molecule has 6 rings (SSSR count). The highest BCUT2D eigenvalue weighted by atomic mass is 19.2. The molecule has 45 heavy (non-hydrogen) atoms. The van der Waals surface area contributed by atoms with Gasteiger partial charge in [0.05, 0.1) is 11.9 Å². The number of amides is 3. The van der Waals surface area contributed by atoms with Crippen molar-refractivity contribution in [1.29, 1.82) is 5.41 Å². The molecule has 0 aliphatic carbocycles. The van der Waals surface area contributed by atoms with Crippen LogP contribution in [0.4, 0.5) is 25.1 Å². The third-order valence-electron chi connectivity index (χ3n) is 8.02. The van der Waals surface area contributed by atoms with E-state index in [1.54, 1.807) is 27.6 Å². The Balaban J connectivity index is 1.14. The second kappa shape index (κ2) is 12.9. The monoisotopic (exact) mass is 617 g/mol. The topological polar surface area (TPSA) is 131 Å². The van der Waals surface area contributed by atoms with Crippen LogP contribution in [-0.2, 0) is 0 Å². The Bertz CT molecular complexity index is 1750. The summed E-state index contributed by atoms with van der Waals surface area (Å²) in [5.41, 5.74) is 2.71. The van der Waals surface area contributed by atoms with Crippen LogP contribution in [0.1, 0.15) is 15.9 Å². The van der Waals surface area contributed by atoms with E-state index in [1.807, 2.05) is 22.8 Å². The molecule has 2 fully saturated rings. The number of hydrogen-bond donors (Lipinski definition) is 3. The average Bonchev–Trinajstić information content (AvgIpc) is 3.50. The summed E-state index contributed by atoms with van der Waals surface area (Å²) in [5.74, 6) is -2.21. The van der Waals surface area contributed by atoms with Gasteiger partial charge < -0.3 is 35.5 Å². The fourth-order valence-electron chi connectivity index (χ4n) is 5.62. The standard InChI is InChI=1S/C31H33F2N9O3/c1-20-18-21(2-3-22(20)30(43)39-13-15-41(16-14-39)31(44)40-10-7-35-8-11-40)38-28-29-37-19-24(42(29)12-9-36-28)23-4-5-25(45-17-6-34)27(33)26(23)32/h2-6,9,12,18-19,34-35H,7-8,10-11,13-17H2,1H3,(H,36,38). The molecule has 0 unspecified atom stereocenters. The molecule has 234 valence electrons. The first kappa shape index (κ1) is 29.9. The minimum absolute atomic E-state index is 0.00735. The lowest BCUT2D eigenvalue weighted by Crippen LogP contribution is -2.57. The van der Waals surface area contributed by atoms with Crippen molar-refractivity contribution in [1.82, 2.24) is 34.4 Å². The Kier molecular flexibility index (Phi) is 8.56. The van der Waals surface area contributed by atoms with Gasteiger partial charge in [-0.05, 0) is 42.8 Å². The second-order valence-electron chi connectivity index (χ2n) is 10.8. The van der Waals surface area contributed by atoms with Crippen LogP contribution in [0.5, 0.6) is 5.75 Å². The van der Waals surface area contributed by atoms with Crippen LogP contribution in [0.3, 0.4) is 0 Å². The number of rotatable bonds is 7. The fraction of sp³-hybridized carbons (Fsp3) is 0.323. The van der Waals surface area contributed by atoms with Gasteiger partial charge in [0.2, 0.25) is 5.82 Å². The van der Waals surface area contributed by atoms with Crippen molar-refractivity contribution >= 4 is 35.3 Å². The predicted molar refractivity (Wildman–Crippen MR) is 164 cm³/mol. The summed E-state index contributed by atoms with van der Waals surface area (Å²) >= 11 is 0. The van der Waals surface area contributed by atoms with E-state index in [9.17, 15) is 14.0 Å². The number of benzene rings is 2. The molecule has 0 spiro atoms. The summed E-state index contributed by atoms with van der Waals surface area (Å²) in [6, 6.07) is 8.13. The number of halogens is 2. The minimum atomic E-state index is -1.15. The number of ether oxygens (including phenoxy) is 1. The Morgan fingerprint density at radius 2 is 1.73 bits per heavy atom. The third kappa shape index (κ3) is 6.00. The van der Waals surface area contributed by atoms with E-state index in [1.165, 1.54) is 24.5 Å². The largest absolute Gasteiger partial charge is 0.485 e. The van der Waals surface area contributed by atoms with Crippen LogP contribution < -0.4 is 15.4 Å². The van der Waals surface area contributed by atoms with Gasteiger partial charge in [0.25, 0.3) is 5.91 Å². The zero-order valence-electron chi connectivity index (χ0n) is 24.7. The van der Waals surface area contributed by atoms with Gasteiger partial charge in [0, 0.05) is 87.8 Å². The maximum absolute atomic E-state index is 15.0. The molecule has 2 aromatic carbocycles. The van der Waals surface area contributed by atoms with Gasteiger partial charge in [-0.3, -0.25) is 9.20 Å². The number of piperazine rings is 2. The van der Waals surface area contributed by atoms with E-state index in [-0.39, 0.29) is 29.9 Å². The first-order valence-electron chi connectivity index (χ1n) is 14.7. The molecule has 0 bridgehead atoms. The first-order chi connectivity index (χ1) is 21.9. The van der Waals surface area contributed by atoms with E-state index < -0.39 is 11.6 Å². The number of carbonyl (C=O) groups excluding carboxylic acids is 2. The molecule has 14 heteroatoms. The molecule has 0 radical (unpaired) electrons. The van der Waals surface area contributed by atoms with Crippen LogP contribution in [0.15, 0.2) is 48.9 Å². The molecule has 0 saturated carbocycles. The number of nitrogens with one attached hydrogen (secondary N) is 3. The molecule has 2 aliphatic rings. The summed E-state index contributed by atoms with van der Waals surface area (Å²) in [4.78, 5) is 40.5. The van der Waals surface area contributed by atoms with Gasteiger partial charge in [0.15, 0.2) is 23.0 Å². The van der Waals surface area contributed by atoms with Crippen LogP contribution >= 0.6 is 0 Å². The number of fused-ring (bicyclic) bond motifs is 1. The summed E-state index contributed by atoms with van der Waals surface area (Å²) < 4.78 is 36.3. The normalized spacial score (nSPS) is 15.3. The van der Waals surface area contributed by atoms with E-state index in [2.05, 4.69) is 20.6 Å². The zero-order chi connectivity index (χ0) is 31.5. The van der Waals surface area contributed by atoms with E-state index in [4.69, 9.17) is 10.1 Å². The first-order valence-corrected chi connectivity index (χ1v) is 14.7. The van der Waals surface area contributed by atoms with Crippen molar-refractivity contribution in [2.24, 2.45) is 0 Å². The molecular weight excluding hydrogens is 584 g/mol. The fourth-order valence-corrected chi connectivity index (χ4v) is 5.62. The smallest absolute Gasteiger partial charge is 0.320 e. The van der Waals surface area contributed by atoms with Crippen molar-refractivity contribution in [3.63, 3.8) is 0 Å². The average molecular weight is 618 g/mol. The maximum Gasteiger partial charge on any atom is 0.320 e. The summed E-state index contributed by atoms with van der Waals surface area (Å²) in [5, 5.41) is 13.5. The molecule has 3 amide bonds. The Morgan fingerprint density at radius 1 is 1.00 bits per heavy atom. The molecule has 4 aromatic rings. The highest BCUT2D eigenvalue weighted by Gasteiger charge is 2.29. The van der Waals surface area contributed by atoms with Crippen LogP contribution in [0.25, 0.3) is 16.9 Å². The number of carbonyl (C=O) groups is 2. The van der Waals surface area contributed by atoms with E-state index >= 15 is 4.39 Å². The number of aryl methyl sites for hydroxylation is 1. The number of aromatic nitrogens is 3. The van der Waals surface area contributed by atoms with Crippen LogP contribution in [0, 0.1) is 24.0 Å². The quantitative estimate of drug-likeness (QED) is 0.271. The molecule has 2 saturated heterocycles. The number of hydrogen-bond acceptors (Lipinski definition) is 8. The van der Waals surface area contributed by atoms with Crippen LogP contribution in [0.2, 0.25) is 0 Å². The Hall–Kier alpha value is -5.11. The van der Waals surface area contributed by atoms with Crippen molar-refractivity contribution in [2.45, 2.75) is 6.92 Å². The van der Waals surface area contributed by atoms with Gasteiger partial charge in [-0.25, -0.2) is 19.2 Å². The van der Waals surface area contributed by atoms with Gasteiger partial charge in [-0.2, -0.15) is 4.39 Å².